The predicted molar refractivity (Wildman–Crippen MR) is 77.7 cm³/mol. The lowest BCUT2D eigenvalue weighted by atomic mass is 9.77. The van der Waals surface area contributed by atoms with E-state index in [4.69, 9.17) is 10.9 Å². The molecule has 1 aromatic carbocycles. The van der Waals surface area contributed by atoms with Crippen LogP contribution in [0.5, 0.6) is 0 Å². The molecule has 0 saturated heterocycles. The topological polar surface area (TPSA) is 87.7 Å². The summed E-state index contributed by atoms with van der Waals surface area (Å²) in [5.41, 5.74) is 8.24. The van der Waals surface area contributed by atoms with Crippen molar-refractivity contribution in [2.24, 2.45) is 16.8 Å². The van der Waals surface area contributed by atoms with E-state index >= 15 is 0 Å². The van der Waals surface area contributed by atoms with Crippen molar-refractivity contribution in [1.29, 1.82) is 0 Å². The first-order valence-electron chi connectivity index (χ1n) is 7.00. The Hall–Kier alpha value is -2.04. The minimum atomic E-state index is -0.541. The molecule has 1 aliphatic rings. The number of hydrogen-bond acceptors (Lipinski definition) is 3. The normalized spacial score (nSPS) is 18.9. The number of nitrogens with two attached hydrogens (primary N) is 1. The number of rotatable bonds is 6. The van der Waals surface area contributed by atoms with Crippen molar-refractivity contribution in [1.82, 2.24) is 5.32 Å². The molecule has 0 aromatic heterocycles. The zero-order valence-corrected chi connectivity index (χ0v) is 11.7. The fourth-order valence-corrected chi connectivity index (χ4v) is 2.66. The van der Waals surface area contributed by atoms with E-state index in [2.05, 4.69) is 22.6 Å². The summed E-state index contributed by atoms with van der Waals surface area (Å²) in [6.07, 6.45) is 2.39. The fraction of sp³-hybridized carbons (Fsp3) is 0.467. The molecule has 0 radical (unpaired) electrons. The Morgan fingerprint density at radius 1 is 1.55 bits per heavy atom. The van der Waals surface area contributed by atoms with Crippen molar-refractivity contribution in [3.63, 3.8) is 0 Å². The summed E-state index contributed by atoms with van der Waals surface area (Å²) in [4.78, 5) is 12.1. The molecule has 0 bridgehead atoms. The molecule has 0 heterocycles. The van der Waals surface area contributed by atoms with Gasteiger partial charge in [0.2, 0.25) is 5.91 Å². The van der Waals surface area contributed by atoms with Crippen molar-refractivity contribution >= 4 is 11.7 Å². The van der Waals surface area contributed by atoms with Crippen molar-refractivity contribution in [3.8, 4) is 0 Å². The van der Waals surface area contributed by atoms with Gasteiger partial charge in [-0.25, -0.2) is 0 Å². The highest BCUT2D eigenvalue weighted by atomic mass is 16.4. The van der Waals surface area contributed by atoms with Gasteiger partial charge in [0.15, 0.2) is 5.84 Å². The van der Waals surface area contributed by atoms with E-state index in [-0.39, 0.29) is 11.7 Å². The monoisotopic (exact) mass is 275 g/mol. The van der Waals surface area contributed by atoms with Gasteiger partial charge in [-0.1, -0.05) is 42.8 Å². The van der Waals surface area contributed by atoms with Crippen LogP contribution in [-0.4, -0.2) is 23.5 Å². The summed E-state index contributed by atoms with van der Waals surface area (Å²) in [6.45, 7) is 2.57. The molecule has 2 atom stereocenters. The van der Waals surface area contributed by atoms with Gasteiger partial charge in [0.25, 0.3) is 0 Å². The number of benzene rings is 1. The average molecular weight is 275 g/mol. The Labute approximate surface area is 118 Å². The molecule has 1 aromatic rings. The smallest absolute Gasteiger partial charge is 0.230 e. The number of amides is 1. The first-order valence-corrected chi connectivity index (χ1v) is 7.00. The highest BCUT2D eigenvalue weighted by Crippen LogP contribution is 2.34. The zero-order chi connectivity index (χ0) is 14.5. The molecule has 1 amide bonds. The van der Waals surface area contributed by atoms with Crippen LogP contribution >= 0.6 is 0 Å². The molecule has 2 unspecified atom stereocenters. The Kier molecular flexibility index (Phi) is 4.61. The van der Waals surface area contributed by atoms with Gasteiger partial charge >= 0.3 is 0 Å². The number of nitrogens with zero attached hydrogens (tertiary/aromatic N) is 1. The molecular weight excluding hydrogens is 254 g/mol. The maximum Gasteiger partial charge on any atom is 0.230 e. The van der Waals surface area contributed by atoms with Crippen molar-refractivity contribution in [3.05, 3.63) is 35.4 Å². The summed E-state index contributed by atoms with van der Waals surface area (Å²) < 4.78 is 0. The van der Waals surface area contributed by atoms with Gasteiger partial charge in [-0.05, 0) is 24.0 Å². The van der Waals surface area contributed by atoms with E-state index in [1.54, 1.807) is 0 Å². The molecule has 0 spiro atoms. The number of amidine groups is 1. The van der Waals surface area contributed by atoms with E-state index < -0.39 is 5.92 Å². The predicted octanol–water partition coefficient (Wildman–Crippen LogP) is 1.61. The maximum absolute atomic E-state index is 12.1. The Balaban J connectivity index is 1.89. The number of nitrogens with one attached hydrogen (secondary N) is 1. The average Bonchev–Trinajstić information content (AvgIpc) is 2.44. The lowest BCUT2D eigenvalue weighted by Crippen LogP contribution is -2.41. The molecule has 4 N–H and O–H groups in total. The molecule has 20 heavy (non-hydrogen) atoms. The quantitative estimate of drug-likeness (QED) is 0.319. The van der Waals surface area contributed by atoms with Crippen LogP contribution in [0.25, 0.3) is 0 Å². The van der Waals surface area contributed by atoms with Crippen LogP contribution < -0.4 is 11.1 Å². The van der Waals surface area contributed by atoms with E-state index in [1.807, 2.05) is 19.1 Å². The third kappa shape index (κ3) is 2.92. The third-order valence-electron chi connectivity index (χ3n) is 3.85. The van der Waals surface area contributed by atoms with E-state index in [1.165, 1.54) is 11.1 Å². The van der Waals surface area contributed by atoms with Gasteiger partial charge in [-0.15, -0.1) is 0 Å². The molecule has 5 nitrogen and oxygen atoms in total. The van der Waals surface area contributed by atoms with Crippen molar-refractivity contribution < 1.29 is 10.0 Å². The molecule has 0 saturated carbocycles. The van der Waals surface area contributed by atoms with Gasteiger partial charge in [-0.2, -0.15) is 0 Å². The first kappa shape index (κ1) is 14.4. The molecule has 108 valence electrons. The minimum Gasteiger partial charge on any atom is -0.409 e. The molecule has 0 fully saturated rings. The van der Waals surface area contributed by atoms with Crippen LogP contribution in [0.2, 0.25) is 0 Å². The van der Waals surface area contributed by atoms with Gasteiger partial charge in [-0.3, -0.25) is 4.79 Å². The number of carbonyl (C=O) groups excluding carboxylic acids is 1. The molecular formula is C15H21N3O2. The van der Waals surface area contributed by atoms with Crippen molar-refractivity contribution in [2.75, 3.05) is 6.54 Å². The lowest BCUT2D eigenvalue weighted by Gasteiger charge is -2.30. The van der Waals surface area contributed by atoms with Crippen LogP contribution in [0.1, 0.15) is 36.8 Å². The third-order valence-corrected chi connectivity index (χ3v) is 3.85. The fourth-order valence-electron chi connectivity index (χ4n) is 2.66. The SMILES string of the molecule is CCCC(C(=O)NCC1Cc2ccccc21)C(N)=NO. The highest BCUT2D eigenvalue weighted by molar-refractivity contribution is 6.02. The summed E-state index contributed by atoms with van der Waals surface area (Å²) >= 11 is 0. The molecule has 0 aliphatic heterocycles. The van der Waals surface area contributed by atoms with Gasteiger partial charge in [0, 0.05) is 12.5 Å². The number of oxime groups is 1. The lowest BCUT2D eigenvalue weighted by molar-refractivity contribution is -0.123. The number of fused-ring (bicyclic) bond motifs is 1. The van der Waals surface area contributed by atoms with Crippen LogP contribution in [0.3, 0.4) is 0 Å². The Morgan fingerprint density at radius 3 is 2.95 bits per heavy atom. The van der Waals surface area contributed by atoms with E-state index in [0.29, 0.717) is 18.9 Å². The second-order valence-corrected chi connectivity index (χ2v) is 5.21. The van der Waals surface area contributed by atoms with E-state index in [9.17, 15) is 4.79 Å². The highest BCUT2D eigenvalue weighted by Gasteiger charge is 2.28. The summed E-state index contributed by atoms with van der Waals surface area (Å²) in [5, 5.41) is 14.6. The second kappa shape index (κ2) is 6.41. The van der Waals surface area contributed by atoms with Crippen molar-refractivity contribution in [2.45, 2.75) is 32.1 Å². The molecule has 2 rings (SSSR count). The zero-order valence-electron chi connectivity index (χ0n) is 11.7. The van der Waals surface area contributed by atoms with E-state index in [0.717, 1.165) is 12.8 Å². The second-order valence-electron chi connectivity index (χ2n) is 5.21. The van der Waals surface area contributed by atoms with Gasteiger partial charge < -0.3 is 16.3 Å². The summed E-state index contributed by atoms with van der Waals surface area (Å²) in [6, 6.07) is 8.26. The number of hydrogen-bond donors (Lipinski definition) is 3. The summed E-state index contributed by atoms with van der Waals surface area (Å²) in [5.74, 6) is -0.338. The Morgan fingerprint density at radius 2 is 2.30 bits per heavy atom. The Bertz CT molecular complexity index is 514. The van der Waals surface area contributed by atoms with Gasteiger partial charge in [0.05, 0.1) is 5.92 Å². The van der Waals surface area contributed by atoms with Crippen LogP contribution in [0.15, 0.2) is 29.4 Å². The molecule has 1 aliphatic carbocycles. The number of carbonyl (C=O) groups is 1. The largest absolute Gasteiger partial charge is 0.409 e. The van der Waals surface area contributed by atoms with Gasteiger partial charge in [0.1, 0.15) is 0 Å². The van der Waals surface area contributed by atoms with Crippen LogP contribution in [0, 0.1) is 5.92 Å². The van der Waals surface area contributed by atoms with Crippen LogP contribution in [-0.2, 0) is 11.2 Å². The van der Waals surface area contributed by atoms with Crippen LogP contribution in [0.4, 0.5) is 0 Å². The minimum absolute atomic E-state index is 0.0154. The standard InChI is InChI=1S/C15H21N3O2/c1-2-5-13(14(16)18-20)15(19)17-9-11-8-10-6-3-4-7-12(10)11/h3-4,6-7,11,13,20H,2,5,8-9H2,1H3,(H2,16,18)(H,17,19). The summed E-state index contributed by atoms with van der Waals surface area (Å²) in [7, 11) is 0. The first-order chi connectivity index (χ1) is 9.67. The maximum atomic E-state index is 12.1. The molecule has 5 heteroatoms.